The van der Waals surface area contributed by atoms with Crippen LogP contribution < -0.4 is 4.74 Å². The van der Waals surface area contributed by atoms with Gasteiger partial charge in [-0.2, -0.15) is 10.2 Å². The SMILES string of the molecule is C=CC(=O)N1Cc2cc(-c3nc(-c4cnc5c(cnn5C)c4)c4ccsc4c3-c3c(F)cc(F)cc3OCCO)nn2C[C@H]1C. The topological polar surface area (TPSA) is 111 Å². The quantitative estimate of drug-likeness (QED) is 0.238. The Morgan fingerprint density at radius 3 is 2.84 bits per heavy atom. The number of aliphatic hydroxyl groups excluding tert-OH is 1. The third-order valence-electron chi connectivity index (χ3n) is 7.94. The summed E-state index contributed by atoms with van der Waals surface area (Å²) in [6, 6.07) is 7.45. The number of carbonyl (C=O) groups is 1. The van der Waals surface area contributed by atoms with E-state index in [-0.39, 0.29) is 36.5 Å². The zero-order valence-corrected chi connectivity index (χ0v) is 25.2. The first kappa shape index (κ1) is 28.7. The number of pyridine rings is 2. The van der Waals surface area contributed by atoms with E-state index in [2.05, 4.69) is 16.7 Å². The number of hydrogen-bond acceptors (Lipinski definition) is 8. The van der Waals surface area contributed by atoms with Gasteiger partial charge in [0, 0.05) is 58.0 Å². The molecule has 1 atom stereocenters. The molecule has 1 aliphatic rings. The monoisotopic (exact) mass is 627 g/mol. The van der Waals surface area contributed by atoms with Crippen molar-refractivity contribution in [2.45, 2.75) is 26.1 Å². The molecule has 5 aromatic heterocycles. The molecule has 0 fully saturated rings. The van der Waals surface area contributed by atoms with Crippen molar-refractivity contribution in [1.82, 2.24) is 34.4 Å². The van der Waals surface area contributed by atoms with E-state index in [9.17, 15) is 14.3 Å². The van der Waals surface area contributed by atoms with Crippen LogP contribution >= 0.6 is 11.3 Å². The maximum Gasteiger partial charge on any atom is 0.246 e. The average molecular weight is 628 g/mol. The molecule has 1 N–H and O–H groups in total. The van der Waals surface area contributed by atoms with Crippen LogP contribution in [0.4, 0.5) is 8.78 Å². The summed E-state index contributed by atoms with van der Waals surface area (Å²) in [5, 5.41) is 22.1. The van der Waals surface area contributed by atoms with E-state index < -0.39 is 11.6 Å². The molecule has 0 aliphatic carbocycles. The fraction of sp³-hybridized carbons (Fsp3) is 0.219. The number of aryl methyl sites for hydroxylation is 1. The highest BCUT2D eigenvalue weighted by Gasteiger charge is 2.30. The highest BCUT2D eigenvalue weighted by molar-refractivity contribution is 7.18. The van der Waals surface area contributed by atoms with Gasteiger partial charge in [-0.3, -0.25) is 14.2 Å². The molecule has 0 saturated carbocycles. The van der Waals surface area contributed by atoms with Crippen LogP contribution in [0.3, 0.4) is 0 Å². The van der Waals surface area contributed by atoms with Gasteiger partial charge >= 0.3 is 0 Å². The van der Waals surface area contributed by atoms with Gasteiger partial charge in [-0.1, -0.05) is 6.58 Å². The van der Waals surface area contributed by atoms with E-state index in [1.807, 2.05) is 42.2 Å². The molecule has 7 rings (SSSR count). The number of thiophene rings is 1. The number of carbonyl (C=O) groups excluding carboxylic acids is 1. The van der Waals surface area contributed by atoms with Gasteiger partial charge in [-0.05, 0) is 36.6 Å². The van der Waals surface area contributed by atoms with Crippen molar-refractivity contribution < 1.29 is 23.4 Å². The molecule has 1 aromatic carbocycles. The number of aliphatic hydroxyl groups is 1. The average Bonchev–Trinajstić information content (AvgIpc) is 3.77. The highest BCUT2D eigenvalue weighted by atomic mass is 32.1. The zero-order chi connectivity index (χ0) is 31.4. The second kappa shape index (κ2) is 11.2. The van der Waals surface area contributed by atoms with E-state index in [1.54, 1.807) is 22.0 Å². The lowest BCUT2D eigenvalue weighted by Crippen LogP contribution is -2.44. The normalized spacial score (nSPS) is 14.7. The molecule has 228 valence electrons. The predicted octanol–water partition coefficient (Wildman–Crippen LogP) is 5.34. The Kier molecular flexibility index (Phi) is 7.13. The van der Waals surface area contributed by atoms with Crippen molar-refractivity contribution in [3.05, 3.63) is 78.1 Å². The minimum absolute atomic E-state index is 0.00925. The lowest BCUT2D eigenvalue weighted by molar-refractivity contribution is -0.129. The molecule has 0 unspecified atom stereocenters. The lowest BCUT2D eigenvalue weighted by Gasteiger charge is -2.33. The number of amides is 1. The lowest BCUT2D eigenvalue weighted by atomic mass is 9.96. The smallest absolute Gasteiger partial charge is 0.246 e. The summed E-state index contributed by atoms with van der Waals surface area (Å²) in [7, 11) is 1.82. The molecule has 45 heavy (non-hydrogen) atoms. The molecule has 13 heteroatoms. The molecule has 0 bridgehead atoms. The first-order chi connectivity index (χ1) is 21.8. The van der Waals surface area contributed by atoms with Crippen LogP contribution in [-0.2, 0) is 24.9 Å². The molecule has 0 spiro atoms. The van der Waals surface area contributed by atoms with E-state index >= 15 is 4.39 Å². The number of fused-ring (bicyclic) bond motifs is 3. The fourth-order valence-corrected chi connectivity index (χ4v) is 6.79. The Morgan fingerprint density at radius 1 is 1.20 bits per heavy atom. The summed E-state index contributed by atoms with van der Waals surface area (Å²) in [5.74, 6) is -1.90. The standard InChI is InChI=1S/C32H27F2N7O3S/c1-4-26(43)40-16-21-12-24(38-41(21)15-17(40)2)30-28(27-23(34)10-20(33)11-25(27)44-7-6-42)31-22(5-8-45-31)29(37-30)18-9-19-14-36-39(3)32(19)35-13-18/h4-5,8-14,17,42H,1,6-7,15-16H2,2-3H3/t17-/m1/s1. The number of nitrogens with zero attached hydrogens (tertiary/aromatic N) is 7. The van der Waals surface area contributed by atoms with Gasteiger partial charge in [0.1, 0.15) is 35.4 Å². The molecule has 0 saturated heterocycles. The van der Waals surface area contributed by atoms with E-state index in [1.165, 1.54) is 17.4 Å². The third-order valence-corrected chi connectivity index (χ3v) is 8.87. The second-order valence-electron chi connectivity index (χ2n) is 10.8. The number of ether oxygens (including phenoxy) is 1. The van der Waals surface area contributed by atoms with Crippen LogP contribution in [0.5, 0.6) is 5.75 Å². The van der Waals surface area contributed by atoms with Crippen molar-refractivity contribution in [2.75, 3.05) is 13.2 Å². The summed E-state index contributed by atoms with van der Waals surface area (Å²) in [6.45, 7) is 5.81. The number of rotatable bonds is 7. The van der Waals surface area contributed by atoms with Crippen molar-refractivity contribution in [1.29, 1.82) is 0 Å². The minimum atomic E-state index is -0.841. The second-order valence-corrected chi connectivity index (χ2v) is 11.7. The van der Waals surface area contributed by atoms with Crippen LogP contribution in [-0.4, -0.2) is 64.7 Å². The first-order valence-corrected chi connectivity index (χ1v) is 15.1. The summed E-state index contributed by atoms with van der Waals surface area (Å²) >= 11 is 1.38. The molecule has 6 aromatic rings. The molecular weight excluding hydrogens is 600 g/mol. The van der Waals surface area contributed by atoms with Gasteiger partial charge in [0.05, 0.1) is 42.8 Å². The van der Waals surface area contributed by atoms with E-state index in [4.69, 9.17) is 14.8 Å². The maximum absolute atomic E-state index is 15.9. The summed E-state index contributed by atoms with van der Waals surface area (Å²) in [6.07, 6.45) is 4.74. The third kappa shape index (κ3) is 4.84. The number of aromatic nitrogens is 6. The molecule has 0 radical (unpaired) electrons. The van der Waals surface area contributed by atoms with Gasteiger partial charge in [-0.15, -0.1) is 11.3 Å². The van der Waals surface area contributed by atoms with Gasteiger partial charge in [0.2, 0.25) is 5.91 Å². The van der Waals surface area contributed by atoms with Crippen LogP contribution in [0.25, 0.3) is 54.9 Å². The summed E-state index contributed by atoms with van der Waals surface area (Å²) in [4.78, 5) is 24.0. The van der Waals surface area contributed by atoms with E-state index in [0.717, 1.165) is 34.2 Å². The zero-order valence-electron chi connectivity index (χ0n) is 24.4. The maximum atomic E-state index is 15.9. The molecule has 10 nitrogen and oxygen atoms in total. The van der Waals surface area contributed by atoms with Crippen molar-refractivity contribution in [3.8, 4) is 39.5 Å². The Balaban J connectivity index is 1.51. The predicted molar refractivity (Wildman–Crippen MR) is 166 cm³/mol. The van der Waals surface area contributed by atoms with Crippen LogP contribution in [0.15, 0.2) is 60.8 Å². The molecular formula is C32H27F2N7O3S. The van der Waals surface area contributed by atoms with Gasteiger partial charge in [0.15, 0.2) is 5.65 Å². The highest BCUT2D eigenvalue weighted by Crippen LogP contribution is 2.47. The van der Waals surface area contributed by atoms with Gasteiger partial charge in [-0.25, -0.2) is 18.7 Å². The summed E-state index contributed by atoms with van der Waals surface area (Å²) in [5.41, 5.74) is 4.00. The van der Waals surface area contributed by atoms with Crippen molar-refractivity contribution in [2.24, 2.45) is 7.05 Å². The number of hydrogen-bond donors (Lipinski definition) is 1. The van der Waals surface area contributed by atoms with E-state index in [0.29, 0.717) is 46.1 Å². The largest absolute Gasteiger partial charge is 0.490 e. The number of benzene rings is 1. The first-order valence-electron chi connectivity index (χ1n) is 14.2. The molecule has 1 aliphatic heterocycles. The Hall–Kier alpha value is -5.01. The minimum Gasteiger partial charge on any atom is -0.490 e. The molecule has 1 amide bonds. The van der Waals surface area contributed by atoms with Crippen LogP contribution in [0, 0.1) is 11.6 Å². The van der Waals surface area contributed by atoms with Gasteiger partial charge in [0.25, 0.3) is 0 Å². The van der Waals surface area contributed by atoms with Crippen LogP contribution in [0.1, 0.15) is 12.6 Å². The molecule has 6 heterocycles. The van der Waals surface area contributed by atoms with Crippen molar-refractivity contribution in [3.63, 3.8) is 0 Å². The Bertz CT molecular complexity index is 2140. The summed E-state index contributed by atoms with van der Waals surface area (Å²) < 4.78 is 40.3. The Morgan fingerprint density at radius 2 is 2.04 bits per heavy atom. The number of halogens is 2. The van der Waals surface area contributed by atoms with Crippen molar-refractivity contribution >= 4 is 38.4 Å². The Labute approximate surface area is 259 Å². The van der Waals surface area contributed by atoms with Crippen LogP contribution in [0.2, 0.25) is 0 Å². The fourth-order valence-electron chi connectivity index (χ4n) is 5.85. The van der Waals surface area contributed by atoms with Gasteiger partial charge < -0.3 is 14.7 Å².